The van der Waals surface area contributed by atoms with Gasteiger partial charge in [-0.1, -0.05) is 24.2 Å². The van der Waals surface area contributed by atoms with Crippen molar-refractivity contribution in [1.82, 2.24) is 14.5 Å². The number of anilines is 1. The number of rotatable bonds is 7. The number of hydrogen-bond acceptors (Lipinski definition) is 9. The second kappa shape index (κ2) is 9.16. The third-order valence-electron chi connectivity index (χ3n) is 4.26. The Morgan fingerprint density at radius 3 is 2.61 bits per heavy atom. The Bertz CT molecular complexity index is 940. The van der Waals surface area contributed by atoms with Gasteiger partial charge < -0.3 is 5.32 Å². The fourth-order valence-electron chi connectivity index (χ4n) is 2.89. The molecule has 0 aliphatic carbocycles. The smallest absolute Gasteiger partial charge is 0.284 e. The molecule has 1 aliphatic rings. The van der Waals surface area contributed by atoms with Crippen LogP contribution in [-0.2, 0) is 10.0 Å². The summed E-state index contributed by atoms with van der Waals surface area (Å²) in [6.07, 6.45) is 3.61. The Morgan fingerprint density at radius 2 is 1.96 bits per heavy atom. The highest BCUT2D eigenvalue weighted by molar-refractivity contribution is 8.01. The number of nitrogens with zero attached hydrogens (tertiary/aromatic N) is 4. The van der Waals surface area contributed by atoms with Crippen LogP contribution in [0.1, 0.15) is 32.6 Å². The van der Waals surface area contributed by atoms with E-state index in [2.05, 4.69) is 15.5 Å². The van der Waals surface area contributed by atoms with Gasteiger partial charge in [0, 0.05) is 25.7 Å². The molecule has 0 atom stereocenters. The zero-order chi connectivity index (χ0) is 20.1. The minimum absolute atomic E-state index is 0.0453. The van der Waals surface area contributed by atoms with Gasteiger partial charge in [-0.05, 0) is 43.7 Å². The molecule has 1 aromatic carbocycles. The molecule has 0 spiro atoms. The van der Waals surface area contributed by atoms with Crippen LogP contribution >= 0.6 is 23.1 Å². The summed E-state index contributed by atoms with van der Waals surface area (Å²) in [7, 11) is -3.75. The van der Waals surface area contributed by atoms with Crippen molar-refractivity contribution in [1.29, 1.82) is 0 Å². The summed E-state index contributed by atoms with van der Waals surface area (Å²) in [5.74, 6) is 0. The summed E-state index contributed by atoms with van der Waals surface area (Å²) in [4.78, 5) is 11.3. The highest BCUT2D eigenvalue weighted by Crippen LogP contribution is 2.38. The average molecular weight is 444 g/mol. The lowest BCUT2D eigenvalue weighted by molar-refractivity contribution is -0.388. The number of sulfonamides is 1. The standard InChI is InChI=1S/C16H21N5O4S3/c1-2-17-15-18-19-16(27-15)26-14-8-7-12(11-13(14)21(22)23)28(24,25)20-9-5-3-4-6-10-20/h7-8,11H,2-6,9-10H2,1H3,(H,17,18). The van der Waals surface area contributed by atoms with Crippen LogP contribution in [0.4, 0.5) is 10.8 Å². The molecule has 12 heteroatoms. The van der Waals surface area contributed by atoms with E-state index in [1.165, 1.54) is 27.8 Å². The van der Waals surface area contributed by atoms with Crippen LogP contribution in [0.3, 0.4) is 0 Å². The minimum Gasteiger partial charge on any atom is -0.360 e. The third-order valence-corrected chi connectivity index (χ3v) is 8.15. The Balaban J connectivity index is 1.88. The predicted molar refractivity (Wildman–Crippen MR) is 109 cm³/mol. The fraction of sp³-hybridized carbons (Fsp3) is 0.500. The van der Waals surface area contributed by atoms with Gasteiger partial charge in [-0.25, -0.2) is 8.42 Å². The molecule has 0 radical (unpaired) electrons. The van der Waals surface area contributed by atoms with Crippen LogP contribution in [0.5, 0.6) is 0 Å². The zero-order valence-electron chi connectivity index (χ0n) is 15.3. The van der Waals surface area contributed by atoms with Crippen molar-refractivity contribution in [3.05, 3.63) is 28.3 Å². The van der Waals surface area contributed by atoms with E-state index in [9.17, 15) is 18.5 Å². The van der Waals surface area contributed by atoms with Gasteiger partial charge in [0.25, 0.3) is 5.69 Å². The molecule has 0 amide bonds. The summed E-state index contributed by atoms with van der Waals surface area (Å²) in [6.45, 7) is 3.53. The maximum absolute atomic E-state index is 12.9. The monoisotopic (exact) mass is 443 g/mol. The van der Waals surface area contributed by atoms with Crippen molar-refractivity contribution in [2.75, 3.05) is 25.0 Å². The van der Waals surface area contributed by atoms with Gasteiger partial charge in [0.15, 0.2) is 4.34 Å². The molecule has 0 bridgehead atoms. The quantitative estimate of drug-likeness (QED) is 0.509. The number of nitrogens with one attached hydrogen (secondary N) is 1. The van der Waals surface area contributed by atoms with Crippen LogP contribution in [0, 0.1) is 10.1 Å². The van der Waals surface area contributed by atoms with Crippen LogP contribution < -0.4 is 5.32 Å². The van der Waals surface area contributed by atoms with E-state index < -0.39 is 14.9 Å². The lowest BCUT2D eigenvalue weighted by atomic mass is 10.2. The van der Waals surface area contributed by atoms with Crippen LogP contribution in [0.25, 0.3) is 0 Å². The molecular weight excluding hydrogens is 422 g/mol. The number of benzene rings is 1. The summed E-state index contributed by atoms with van der Waals surface area (Å²) < 4.78 is 27.8. The molecule has 0 unspecified atom stereocenters. The Morgan fingerprint density at radius 1 is 1.25 bits per heavy atom. The first-order chi connectivity index (χ1) is 13.4. The molecule has 3 rings (SSSR count). The van der Waals surface area contributed by atoms with Crippen molar-refractivity contribution in [3.63, 3.8) is 0 Å². The number of aromatic nitrogens is 2. The van der Waals surface area contributed by atoms with Crippen molar-refractivity contribution in [2.45, 2.75) is 46.7 Å². The largest absolute Gasteiger partial charge is 0.360 e. The van der Waals surface area contributed by atoms with Gasteiger partial charge in [-0.2, -0.15) is 4.31 Å². The molecule has 1 saturated heterocycles. The van der Waals surface area contributed by atoms with E-state index in [4.69, 9.17) is 0 Å². The number of hydrogen-bond donors (Lipinski definition) is 1. The summed E-state index contributed by atoms with van der Waals surface area (Å²) >= 11 is 2.39. The van der Waals surface area contributed by atoms with Gasteiger partial charge >= 0.3 is 0 Å². The molecule has 9 nitrogen and oxygen atoms in total. The Kier molecular flexibility index (Phi) is 6.86. The van der Waals surface area contributed by atoms with E-state index in [1.54, 1.807) is 0 Å². The molecule has 0 saturated carbocycles. The van der Waals surface area contributed by atoms with Gasteiger partial charge in [0.05, 0.1) is 14.7 Å². The summed E-state index contributed by atoms with van der Waals surface area (Å²) in [5, 5.41) is 23.2. The number of nitro benzene ring substituents is 1. The highest BCUT2D eigenvalue weighted by Gasteiger charge is 2.28. The van der Waals surface area contributed by atoms with E-state index in [0.29, 0.717) is 34.0 Å². The van der Waals surface area contributed by atoms with Crippen LogP contribution in [0.15, 0.2) is 32.3 Å². The van der Waals surface area contributed by atoms with Gasteiger partial charge in [-0.15, -0.1) is 10.2 Å². The van der Waals surface area contributed by atoms with Crippen molar-refractivity contribution >= 4 is 43.9 Å². The normalized spacial score (nSPS) is 15.9. The molecule has 1 N–H and O–H groups in total. The molecule has 28 heavy (non-hydrogen) atoms. The van der Waals surface area contributed by atoms with E-state index in [1.807, 2.05) is 6.92 Å². The highest BCUT2D eigenvalue weighted by atomic mass is 32.2. The second-order valence-electron chi connectivity index (χ2n) is 6.21. The topological polar surface area (TPSA) is 118 Å². The summed E-state index contributed by atoms with van der Waals surface area (Å²) in [6, 6.07) is 4.05. The van der Waals surface area contributed by atoms with Crippen molar-refractivity contribution in [2.24, 2.45) is 0 Å². The Hall–Kier alpha value is -1.76. The maximum Gasteiger partial charge on any atom is 0.284 e. The van der Waals surface area contributed by atoms with Gasteiger partial charge in [0.1, 0.15) is 0 Å². The summed E-state index contributed by atoms with van der Waals surface area (Å²) in [5.41, 5.74) is -0.249. The molecule has 1 fully saturated rings. The minimum atomic E-state index is -3.75. The first-order valence-electron chi connectivity index (χ1n) is 8.95. The first kappa shape index (κ1) is 21.0. The second-order valence-corrected chi connectivity index (χ2v) is 10.4. The van der Waals surface area contributed by atoms with Crippen molar-refractivity contribution < 1.29 is 13.3 Å². The molecule has 2 aromatic rings. The average Bonchev–Trinajstić information content (AvgIpc) is 2.92. The van der Waals surface area contributed by atoms with Crippen molar-refractivity contribution in [3.8, 4) is 0 Å². The first-order valence-corrected chi connectivity index (χ1v) is 12.0. The lowest BCUT2D eigenvalue weighted by Crippen LogP contribution is -2.31. The molecule has 1 aromatic heterocycles. The van der Waals surface area contributed by atoms with Crippen LogP contribution in [-0.4, -0.2) is 47.5 Å². The van der Waals surface area contributed by atoms with Crippen LogP contribution in [0.2, 0.25) is 0 Å². The lowest BCUT2D eigenvalue weighted by Gasteiger charge is -2.20. The van der Waals surface area contributed by atoms with E-state index in [-0.39, 0.29) is 10.6 Å². The van der Waals surface area contributed by atoms with E-state index >= 15 is 0 Å². The van der Waals surface area contributed by atoms with Gasteiger partial charge in [0.2, 0.25) is 15.2 Å². The SMILES string of the molecule is CCNc1nnc(Sc2ccc(S(=O)(=O)N3CCCCCC3)cc2[N+](=O)[O-])s1. The van der Waals surface area contributed by atoms with Gasteiger partial charge in [-0.3, -0.25) is 10.1 Å². The number of nitro groups is 1. The zero-order valence-corrected chi connectivity index (χ0v) is 17.8. The maximum atomic E-state index is 12.9. The van der Waals surface area contributed by atoms with E-state index in [0.717, 1.165) is 43.5 Å². The molecule has 152 valence electrons. The third kappa shape index (κ3) is 4.80. The molecule has 2 heterocycles. The molecule has 1 aliphatic heterocycles. The fourth-order valence-corrected chi connectivity index (χ4v) is 6.28. The predicted octanol–water partition coefficient (Wildman–Crippen LogP) is 3.59. The molecular formula is C16H21N5O4S3. The Labute approximate surface area is 171 Å².